The molecule has 5 nitrogen and oxygen atoms in total. The molecule has 0 unspecified atom stereocenters. The fourth-order valence-electron chi connectivity index (χ4n) is 2.98. The van der Waals surface area contributed by atoms with Crippen molar-refractivity contribution in [1.82, 2.24) is 15.0 Å². The molecular weight excluding hydrogens is 250 g/mol. The molecule has 1 aromatic heterocycles. The Morgan fingerprint density at radius 3 is 2.85 bits per heavy atom. The van der Waals surface area contributed by atoms with Crippen LogP contribution in [0.15, 0.2) is 6.20 Å². The van der Waals surface area contributed by atoms with Crippen molar-refractivity contribution in [3.63, 3.8) is 0 Å². The van der Waals surface area contributed by atoms with Crippen LogP contribution in [-0.2, 0) is 0 Å². The van der Waals surface area contributed by atoms with Gasteiger partial charge in [-0.1, -0.05) is 44.2 Å². The van der Waals surface area contributed by atoms with Crippen LogP contribution in [0.5, 0.6) is 0 Å². The predicted molar refractivity (Wildman–Crippen MR) is 77.7 cm³/mol. The zero-order valence-electron chi connectivity index (χ0n) is 12.3. The van der Waals surface area contributed by atoms with Crippen molar-refractivity contribution < 1.29 is 0 Å². The number of aromatic nitrogens is 3. The molecule has 2 N–H and O–H groups in total. The summed E-state index contributed by atoms with van der Waals surface area (Å²) < 4.78 is 1.69. The van der Waals surface area contributed by atoms with E-state index in [1.807, 2.05) is 6.20 Å². The summed E-state index contributed by atoms with van der Waals surface area (Å²) in [6.45, 7) is 2.13. The Labute approximate surface area is 121 Å². The van der Waals surface area contributed by atoms with Gasteiger partial charge in [-0.05, 0) is 25.2 Å². The Bertz CT molecular complexity index is 441. The SMILES string of the molecule is CCCC[C@@H](C#N)n1cc([C@@H](N)C2CCCCC2)nn1. The third-order valence-corrected chi connectivity index (χ3v) is 4.33. The largest absolute Gasteiger partial charge is 0.322 e. The number of nitrogens with two attached hydrogens (primary N) is 1. The van der Waals surface area contributed by atoms with Gasteiger partial charge in [0, 0.05) is 0 Å². The molecule has 1 heterocycles. The maximum atomic E-state index is 9.23. The fraction of sp³-hybridized carbons (Fsp3) is 0.800. The number of nitrogens with zero attached hydrogens (tertiary/aromatic N) is 4. The van der Waals surface area contributed by atoms with Crippen molar-refractivity contribution in [3.05, 3.63) is 11.9 Å². The summed E-state index contributed by atoms with van der Waals surface area (Å²) in [7, 11) is 0. The third kappa shape index (κ3) is 3.57. The van der Waals surface area contributed by atoms with Gasteiger partial charge in [0.15, 0.2) is 0 Å². The van der Waals surface area contributed by atoms with E-state index < -0.39 is 0 Å². The molecule has 2 atom stereocenters. The first-order valence-electron chi connectivity index (χ1n) is 7.83. The average molecular weight is 275 g/mol. The quantitative estimate of drug-likeness (QED) is 0.865. The Hall–Kier alpha value is -1.41. The number of nitriles is 1. The van der Waals surface area contributed by atoms with Gasteiger partial charge in [0.25, 0.3) is 0 Å². The van der Waals surface area contributed by atoms with E-state index >= 15 is 0 Å². The van der Waals surface area contributed by atoms with Crippen molar-refractivity contribution >= 4 is 0 Å². The minimum absolute atomic E-state index is 0.0328. The Morgan fingerprint density at radius 1 is 1.45 bits per heavy atom. The zero-order valence-corrected chi connectivity index (χ0v) is 12.3. The molecule has 0 aromatic carbocycles. The van der Waals surface area contributed by atoms with Crippen molar-refractivity contribution in [3.8, 4) is 6.07 Å². The van der Waals surface area contributed by atoms with Crippen LogP contribution in [0.1, 0.15) is 76.1 Å². The van der Waals surface area contributed by atoms with Crippen LogP contribution in [0.25, 0.3) is 0 Å². The predicted octanol–water partition coefficient (Wildman–Crippen LogP) is 3.11. The first-order chi connectivity index (χ1) is 9.76. The van der Waals surface area contributed by atoms with Crippen LogP contribution >= 0.6 is 0 Å². The molecule has 2 rings (SSSR count). The molecule has 1 aliphatic rings. The molecule has 0 saturated heterocycles. The van der Waals surface area contributed by atoms with Gasteiger partial charge in [-0.3, -0.25) is 0 Å². The van der Waals surface area contributed by atoms with Crippen molar-refractivity contribution in [1.29, 1.82) is 5.26 Å². The summed E-state index contributed by atoms with van der Waals surface area (Å²) in [5.41, 5.74) is 7.17. The molecule has 1 fully saturated rings. The molecule has 0 aliphatic heterocycles. The number of rotatable bonds is 6. The highest BCUT2D eigenvalue weighted by Crippen LogP contribution is 2.32. The van der Waals surface area contributed by atoms with Crippen LogP contribution in [0, 0.1) is 17.2 Å². The lowest BCUT2D eigenvalue weighted by atomic mass is 9.83. The van der Waals surface area contributed by atoms with Gasteiger partial charge < -0.3 is 5.73 Å². The molecule has 0 amide bonds. The maximum Gasteiger partial charge on any atom is 0.140 e. The van der Waals surface area contributed by atoms with E-state index in [4.69, 9.17) is 5.73 Å². The van der Waals surface area contributed by atoms with Crippen LogP contribution in [0.2, 0.25) is 0 Å². The molecule has 20 heavy (non-hydrogen) atoms. The van der Waals surface area contributed by atoms with E-state index in [0.29, 0.717) is 5.92 Å². The summed E-state index contributed by atoms with van der Waals surface area (Å²) in [4.78, 5) is 0. The summed E-state index contributed by atoms with van der Waals surface area (Å²) in [6.07, 6.45) is 11.1. The van der Waals surface area contributed by atoms with Gasteiger partial charge in [-0.25, -0.2) is 4.68 Å². The van der Waals surface area contributed by atoms with E-state index in [0.717, 1.165) is 25.0 Å². The van der Waals surface area contributed by atoms with Gasteiger partial charge in [-0.15, -0.1) is 5.10 Å². The van der Waals surface area contributed by atoms with Crippen LogP contribution in [-0.4, -0.2) is 15.0 Å². The van der Waals surface area contributed by atoms with Crippen LogP contribution in [0.4, 0.5) is 0 Å². The number of hydrogen-bond donors (Lipinski definition) is 1. The fourth-order valence-corrected chi connectivity index (χ4v) is 2.98. The summed E-state index contributed by atoms with van der Waals surface area (Å²) in [6, 6.07) is 2.06. The first kappa shape index (κ1) is 15.0. The second-order valence-electron chi connectivity index (χ2n) is 5.83. The molecule has 110 valence electrons. The van der Waals surface area contributed by atoms with Crippen LogP contribution in [0.3, 0.4) is 0 Å². The van der Waals surface area contributed by atoms with Crippen molar-refractivity contribution in [2.75, 3.05) is 0 Å². The zero-order chi connectivity index (χ0) is 14.4. The second kappa shape index (κ2) is 7.39. The normalized spacial score (nSPS) is 19.4. The standard InChI is InChI=1S/C15H25N5/c1-2-3-9-13(10-16)20-11-14(18-19-20)15(17)12-7-5-4-6-8-12/h11-13,15H,2-9,17H2,1H3/t13-,15-/m0/s1. The van der Waals surface area contributed by atoms with Gasteiger partial charge in [0.2, 0.25) is 0 Å². The Kier molecular flexibility index (Phi) is 5.54. The monoisotopic (exact) mass is 275 g/mol. The Balaban J connectivity index is 2.01. The molecule has 0 radical (unpaired) electrons. The molecule has 1 aromatic rings. The molecular formula is C15H25N5. The maximum absolute atomic E-state index is 9.23. The van der Waals surface area contributed by atoms with Crippen molar-refractivity contribution in [2.45, 2.75) is 70.4 Å². The number of hydrogen-bond acceptors (Lipinski definition) is 4. The molecule has 0 bridgehead atoms. The van der Waals surface area contributed by atoms with E-state index in [2.05, 4.69) is 23.3 Å². The highest BCUT2D eigenvalue weighted by atomic mass is 15.4. The smallest absolute Gasteiger partial charge is 0.140 e. The van der Waals surface area contributed by atoms with Crippen LogP contribution < -0.4 is 5.73 Å². The summed E-state index contributed by atoms with van der Waals surface area (Å²) >= 11 is 0. The lowest BCUT2D eigenvalue weighted by Crippen LogP contribution is -2.23. The lowest BCUT2D eigenvalue weighted by molar-refractivity contribution is 0.304. The molecule has 1 saturated carbocycles. The lowest BCUT2D eigenvalue weighted by Gasteiger charge is -2.25. The van der Waals surface area contributed by atoms with E-state index in [1.54, 1.807) is 4.68 Å². The second-order valence-corrected chi connectivity index (χ2v) is 5.83. The van der Waals surface area contributed by atoms with E-state index in [9.17, 15) is 5.26 Å². The van der Waals surface area contributed by atoms with Crippen molar-refractivity contribution in [2.24, 2.45) is 11.7 Å². The molecule has 1 aliphatic carbocycles. The van der Waals surface area contributed by atoms with E-state index in [1.165, 1.54) is 32.1 Å². The topological polar surface area (TPSA) is 80.5 Å². The molecule has 5 heteroatoms. The van der Waals surface area contributed by atoms with Gasteiger partial charge >= 0.3 is 0 Å². The first-order valence-corrected chi connectivity index (χ1v) is 7.83. The van der Waals surface area contributed by atoms with Gasteiger partial charge in [0.05, 0.1) is 24.0 Å². The molecule has 0 spiro atoms. The average Bonchev–Trinajstić information content (AvgIpc) is 2.98. The highest BCUT2D eigenvalue weighted by Gasteiger charge is 2.24. The summed E-state index contributed by atoms with van der Waals surface area (Å²) in [5, 5.41) is 17.6. The number of unbranched alkanes of at least 4 members (excludes halogenated alkanes) is 1. The van der Waals surface area contributed by atoms with Gasteiger partial charge in [-0.2, -0.15) is 5.26 Å². The minimum atomic E-state index is -0.213. The summed E-state index contributed by atoms with van der Waals surface area (Å²) in [5.74, 6) is 0.519. The van der Waals surface area contributed by atoms with Gasteiger partial charge in [0.1, 0.15) is 6.04 Å². The Morgan fingerprint density at radius 2 is 2.20 bits per heavy atom. The van der Waals surface area contributed by atoms with E-state index in [-0.39, 0.29) is 12.1 Å². The minimum Gasteiger partial charge on any atom is -0.322 e. The highest BCUT2D eigenvalue weighted by molar-refractivity contribution is 5.04. The third-order valence-electron chi connectivity index (χ3n) is 4.33.